The lowest BCUT2D eigenvalue weighted by Gasteiger charge is -1.90. The molecule has 0 unspecified atom stereocenters. The Labute approximate surface area is 111 Å². The number of rotatable bonds is 0. The molecule has 6 heteroatoms. The molecule has 0 aliphatic heterocycles. The van der Waals surface area contributed by atoms with Crippen LogP contribution in [0.2, 0.25) is 0 Å². The highest BCUT2D eigenvalue weighted by molar-refractivity contribution is 5.77. The van der Waals surface area contributed by atoms with Crippen LogP contribution in [-0.4, -0.2) is 10.2 Å². The van der Waals surface area contributed by atoms with E-state index in [-0.39, 0.29) is 10.8 Å². The van der Waals surface area contributed by atoms with Crippen molar-refractivity contribution in [3.05, 3.63) is 69.4 Å². The Hall–Kier alpha value is -3.02. The second kappa shape index (κ2) is 4.93. The maximum absolute atomic E-state index is 11.8. The maximum Gasteiger partial charge on any atom is 0.388 e. The van der Waals surface area contributed by atoms with E-state index in [1.807, 2.05) is 0 Å². The van der Waals surface area contributed by atoms with E-state index >= 15 is 0 Å². The molecule has 3 rings (SSSR count). The van der Waals surface area contributed by atoms with Gasteiger partial charge in [-0.25, -0.2) is 18.7 Å². The van der Waals surface area contributed by atoms with Gasteiger partial charge in [0.05, 0.1) is 10.8 Å². The molecule has 0 aliphatic carbocycles. The van der Waals surface area contributed by atoms with Gasteiger partial charge in [0, 0.05) is 0 Å². The quantitative estimate of drug-likeness (QED) is 0.578. The second-order valence-electron chi connectivity index (χ2n) is 3.98. The molecule has 1 aromatic heterocycles. The van der Waals surface area contributed by atoms with Crippen molar-refractivity contribution in [1.29, 1.82) is 0 Å². The first-order chi connectivity index (χ1) is 9.75. The SMILES string of the molecule is O=c1ooc(=O)c2ccccc2nnc2ccccc12. The van der Waals surface area contributed by atoms with Gasteiger partial charge in [-0.05, 0) is 24.3 Å². The van der Waals surface area contributed by atoms with Crippen LogP contribution < -0.4 is 11.3 Å². The molecule has 2 aromatic carbocycles. The summed E-state index contributed by atoms with van der Waals surface area (Å²) in [6.45, 7) is 0. The van der Waals surface area contributed by atoms with Crippen LogP contribution in [0.15, 0.2) is 67.3 Å². The Balaban J connectivity index is 2.59. The van der Waals surface area contributed by atoms with Crippen LogP contribution in [0.1, 0.15) is 0 Å². The van der Waals surface area contributed by atoms with Crippen molar-refractivity contribution in [2.45, 2.75) is 0 Å². The molecular formula is C14H8N2O4. The fraction of sp³-hybridized carbons (Fsp3) is 0. The lowest BCUT2D eigenvalue weighted by Crippen LogP contribution is -2.02. The lowest BCUT2D eigenvalue weighted by atomic mass is 10.2. The normalized spacial score (nSPS) is 10.4. The maximum atomic E-state index is 11.8. The molecule has 0 amide bonds. The van der Waals surface area contributed by atoms with E-state index in [1.54, 1.807) is 36.4 Å². The van der Waals surface area contributed by atoms with Gasteiger partial charge in [0.1, 0.15) is 11.0 Å². The van der Waals surface area contributed by atoms with Crippen molar-refractivity contribution in [3.63, 3.8) is 0 Å². The predicted molar refractivity (Wildman–Crippen MR) is 71.7 cm³/mol. The molecule has 0 spiro atoms. The standard InChI is InChI=1S/C14H8N2O4/c17-13-9-5-1-3-7-11(9)15-16-12-8-4-2-6-10(12)14(18)20-19-13/h1-8H. The van der Waals surface area contributed by atoms with E-state index in [2.05, 4.69) is 19.4 Å². The first-order valence-corrected chi connectivity index (χ1v) is 5.79. The number of hydrogen-bond donors (Lipinski definition) is 0. The third-order valence-electron chi connectivity index (χ3n) is 2.71. The van der Waals surface area contributed by atoms with E-state index in [1.165, 1.54) is 12.1 Å². The van der Waals surface area contributed by atoms with Crippen LogP contribution >= 0.6 is 0 Å². The fourth-order valence-electron chi connectivity index (χ4n) is 1.74. The summed E-state index contributed by atoms with van der Waals surface area (Å²) in [4.78, 5) is 23.6. The van der Waals surface area contributed by atoms with E-state index in [0.717, 1.165) is 0 Å². The monoisotopic (exact) mass is 268 g/mol. The second-order valence-corrected chi connectivity index (χ2v) is 3.98. The molecule has 98 valence electrons. The average molecular weight is 268 g/mol. The zero-order chi connectivity index (χ0) is 13.9. The summed E-state index contributed by atoms with van der Waals surface area (Å²) in [5, 5.41) is 8.32. The molecule has 0 atom stereocenters. The zero-order valence-electron chi connectivity index (χ0n) is 10.1. The van der Waals surface area contributed by atoms with Gasteiger partial charge < -0.3 is 0 Å². The van der Waals surface area contributed by atoms with Crippen LogP contribution in [0.5, 0.6) is 0 Å². The molecular weight excluding hydrogens is 260 g/mol. The van der Waals surface area contributed by atoms with Gasteiger partial charge >= 0.3 is 11.3 Å². The Morgan fingerprint density at radius 2 is 1.05 bits per heavy atom. The van der Waals surface area contributed by atoms with Crippen LogP contribution in [0, 0.1) is 0 Å². The molecule has 3 aromatic rings. The Morgan fingerprint density at radius 1 is 0.650 bits per heavy atom. The van der Waals surface area contributed by atoms with Crippen molar-refractivity contribution in [3.8, 4) is 0 Å². The van der Waals surface area contributed by atoms with Gasteiger partial charge in [0.2, 0.25) is 0 Å². The van der Waals surface area contributed by atoms with Crippen LogP contribution in [0.3, 0.4) is 0 Å². The fourth-order valence-corrected chi connectivity index (χ4v) is 1.74. The minimum atomic E-state index is -0.799. The van der Waals surface area contributed by atoms with Crippen molar-refractivity contribution in [2.24, 2.45) is 0 Å². The number of fused-ring (bicyclic) bond motifs is 2. The number of hydrogen-bond acceptors (Lipinski definition) is 6. The van der Waals surface area contributed by atoms with E-state index in [0.29, 0.717) is 11.0 Å². The first-order valence-electron chi connectivity index (χ1n) is 5.79. The smallest absolute Gasteiger partial charge is 0.241 e. The lowest BCUT2D eigenvalue weighted by molar-refractivity contribution is 0.0243. The number of nitrogens with zero attached hydrogens (tertiary/aromatic N) is 2. The number of aromatic nitrogens is 2. The van der Waals surface area contributed by atoms with Gasteiger partial charge in [0.25, 0.3) is 0 Å². The third kappa shape index (κ3) is 2.14. The summed E-state index contributed by atoms with van der Waals surface area (Å²) in [6.07, 6.45) is 0. The molecule has 0 saturated carbocycles. The zero-order valence-corrected chi connectivity index (χ0v) is 10.1. The van der Waals surface area contributed by atoms with Gasteiger partial charge in [-0.15, -0.1) is 10.2 Å². The Kier molecular flexibility index (Phi) is 2.96. The minimum Gasteiger partial charge on any atom is -0.241 e. The summed E-state index contributed by atoms with van der Waals surface area (Å²) in [6, 6.07) is 13.0. The highest BCUT2D eigenvalue weighted by atomic mass is 17.0. The minimum absolute atomic E-state index is 0.170. The van der Waals surface area contributed by atoms with Gasteiger partial charge in [-0.2, -0.15) is 0 Å². The van der Waals surface area contributed by atoms with Crippen LogP contribution in [0.4, 0.5) is 0 Å². The first kappa shape index (κ1) is 12.0. The summed E-state index contributed by atoms with van der Waals surface area (Å²) in [5.74, 6) is 0. The van der Waals surface area contributed by atoms with Gasteiger partial charge in [0.15, 0.2) is 0 Å². The summed E-state index contributed by atoms with van der Waals surface area (Å²) in [5.41, 5.74) is -0.921. The van der Waals surface area contributed by atoms with Gasteiger partial charge in [-0.3, -0.25) is 0 Å². The largest absolute Gasteiger partial charge is 0.388 e. The third-order valence-corrected chi connectivity index (χ3v) is 2.71. The molecule has 0 fully saturated rings. The Morgan fingerprint density at radius 3 is 1.50 bits per heavy atom. The topological polar surface area (TPSA) is 86.2 Å². The summed E-state index contributed by atoms with van der Waals surface area (Å²) >= 11 is 0. The molecule has 1 heterocycles. The molecule has 0 saturated heterocycles. The molecule has 0 aliphatic rings. The number of benzene rings is 2. The molecule has 0 bridgehead atoms. The van der Waals surface area contributed by atoms with Crippen LogP contribution in [0.25, 0.3) is 21.8 Å². The van der Waals surface area contributed by atoms with Gasteiger partial charge in [-0.1, -0.05) is 24.3 Å². The molecule has 6 nitrogen and oxygen atoms in total. The molecule has 0 radical (unpaired) electrons. The summed E-state index contributed by atoms with van der Waals surface area (Å²) in [7, 11) is 0. The van der Waals surface area contributed by atoms with E-state index in [9.17, 15) is 9.59 Å². The highest BCUT2D eigenvalue weighted by Crippen LogP contribution is 2.05. The Bertz CT molecular complexity index is 879. The molecule has 20 heavy (non-hydrogen) atoms. The van der Waals surface area contributed by atoms with Crippen LogP contribution in [-0.2, 0) is 0 Å². The molecule has 0 N–H and O–H groups in total. The van der Waals surface area contributed by atoms with Crippen molar-refractivity contribution >= 4 is 21.8 Å². The summed E-state index contributed by atoms with van der Waals surface area (Å²) < 4.78 is 9.05. The van der Waals surface area contributed by atoms with E-state index < -0.39 is 11.3 Å². The predicted octanol–water partition coefficient (Wildman–Crippen LogP) is 1.81. The average Bonchev–Trinajstić information content (AvgIpc) is 2.50. The highest BCUT2D eigenvalue weighted by Gasteiger charge is 2.00. The van der Waals surface area contributed by atoms with Crippen molar-refractivity contribution in [2.75, 3.05) is 0 Å². The van der Waals surface area contributed by atoms with Crippen molar-refractivity contribution < 1.29 is 9.15 Å². The van der Waals surface area contributed by atoms with E-state index in [4.69, 9.17) is 0 Å². The van der Waals surface area contributed by atoms with Crippen molar-refractivity contribution in [1.82, 2.24) is 10.2 Å².